The number of carbonyl (C=O) groups excluding carboxylic acids is 1. The number of methoxy groups -OCH3 is 1. The zero-order valence-corrected chi connectivity index (χ0v) is 15.4. The van der Waals surface area contributed by atoms with Crippen molar-refractivity contribution in [2.45, 2.75) is 48.9 Å². The number of sulfonamides is 1. The van der Waals surface area contributed by atoms with Gasteiger partial charge in [-0.25, -0.2) is 13.2 Å². The Morgan fingerprint density at radius 2 is 1.93 bits per heavy atom. The number of ether oxygens (including phenoxy) is 1. The Hall–Kier alpha value is -1.65. The molecule has 1 aromatic rings. The maximum atomic E-state index is 13.2. The summed E-state index contributed by atoms with van der Waals surface area (Å²) in [4.78, 5) is 11.1. The lowest BCUT2D eigenvalue weighted by atomic mass is 9.79. The number of aliphatic hydroxyl groups excluding tert-OH is 1. The zero-order chi connectivity index (χ0) is 20.0. The predicted octanol–water partition coefficient (Wildman–Crippen LogP) is 2.42. The first-order valence-electron chi connectivity index (χ1n) is 8.54. The Morgan fingerprint density at radius 1 is 1.22 bits per heavy atom. The smallest absolute Gasteiger partial charge is 0.416 e. The number of halogens is 3. The number of hydrogen-bond acceptors (Lipinski definition) is 5. The van der Waals surface area contributed by atoms with Gasteiger partial charge in [-0.1, -0.05) is 0 Å². The Kier molecular flexibility index (Phi) is 5.26. The minimum absolute atomic E-state index is 0.124. The largest absolute Gasteiger partial charge is 0.465 e. The number of benzene rings is 1. The zero-order valence-electron chi connectivity index (χ0n) is 14.6. The molecule has 10 heteroatoms. The topological polar surface area (TPSA) is 83.9 Å². The molecule has 0 spiro atoms. The van der Waals surface area contributed by atoms with E-state index >= 15 is 0 Å². The van der Waals surface area contributed by atoms with E-state index in [2.05, 4.69) is 4.74 Å². The van der Waals surface area contributed by atoms with Crippen molar-refractivity contribution in [1.82, 2.24) is 4.31 Å². The van der Waals surface area contributed by atoms with Crippen molar-refractivity contribution in [2.75, 3.05) is 13.7 Å². The summed E-state index contributed by atoms with van der Waals surface area (Å²) in [5.74, 6) is -0.758. The number of esters is 1. The van der Waals surface area contributed by atoms with Crippen LogP contribution in [0.15, 0.2) is 23.1 Å². The van der Waals surface area contributed by atoms with Gasteiger partial charge in [0.25, 0.3) is 0 Å². The highest BCUT2D eigenvalue weighted by Gasteiger charge is 2.44. The molecule has 1 aromatic carbocycles. The van der Waals surface area contributed by atoms with Crippen LogP contribution in [-0.2, 0) is 20.9 Å². The van der Waals surface area contributed by atoms with Crippen LogP contribution in [0, 0.1) is 5.92 Å². The first kappa shape index (κ1) is 20.1. The highest BCUT2D eigenvalue weighted by Crippen LogP contribution is 2.39. The number of fused-ring (bicyclic) bond motifs is 2. The van der Waals surface area contributed by atoms with Crippen LogP contribution >= 0.6 is 0 Å². The van der Waals surface area contributed by atoms with E-state index in [9.17, 15) is 31.5 Å². The number of carbonyl (C=O) groups is 1. The summed E-state index contributed by atoms with van der Waals surface area (Å²) >= 11 is 0. The summed E-state index contributed by atoms with van der Waals surface area (Å²) in [5, 5.41) is 10.2. The van der Waals surface area contributed by atoms with E-state index in [-0.39, 0.29) is 6.54 Å². The number of hydrogen-bond donors (Lipinski definition) is 1. The van der Waals surface area contributed by atoms with Gasteiger partial charge in [-0.2, -0.15) is 17.5 Å². The molecule has 150 valence electrons. The standard InChI is InChI=1S/C17H20F3NO5S/c1-26-16(23)11-7-12(17(18,19)20)9-13(8-11)27(24,25)21-5-4-10-2-3-15(22)14(21)6-10/h7-10,14-15,22H,2-6H2,1H3. The van der Waals surface area contributed by atoms with Crippen molar-refractivity contribution >= 4 is 16.0 Å². The van der Waals surface area contributed by atoms with Crippen molar-refractivity contribution in [3.63, 3.8) is 0 Å². The molecule has 6 nitrogen and oxygen atoms in total. The molecule has 0 radical (unpaired) electrons. The second kappa shape index (κ2) is 7.06. The third kappa shape index (κ3) is 3.83. The summed E-state index contributed by atoms with van der Waals surface area (Å²) in [7, 11) is -3.33. The van der Waals surface area contributed by atoms with Crippen molar-refractivity contribution in [2.24, 2.45) is 5.92 Å². The van der Waals surface area contributed by atoms with Gasteiger partial charge in [-0.05, 0) is 49.8 Å². The first-order chi connectivity index (χ1) is 12.5. The third-order valence-electron chi connectivity index (χ3n) is 5.28. The lowest BCUT2D eigenvalue weighted by Gasteiger charge is -2.44. The average Bonchev–Trinajstić information content (AvgIpc) is 2.63. The van der Waals surface area contributed by atoms with Crippen LogP contribution < -0.4 is 0 Å². The monoisotopic (exact) mass is 407 g/mol. The van der Waals surface area contributed by atoms with Crippen LogP contribution in [0.2, 0.25) is 0 Å². The van der Waals surface area contributed by atoms with Crippen LogP contribution in [-0.4, -0.2) is 49.6 Å². The van der Waals surface area contributed by atoms with Gasteiger partial charge in [0, 0.05) is 6.54 Å². The molecule has 2 bridgehead atoms. The molecule has 1 saturated heterocycles. The highest BCUT2D eigenvalue weighted by molar-refractivity contribution is 7.89. The van der Waals surface area contributed by atoms with Gasteiger partial charge in [0.15, 0.2) is 0 Å². The van der Waals surface area contributed by atoms with E-state index in [1.54, 1.807) is 0 Å². The second-order valence-electron chi connectivity index (χ2n) is 6.95. The molecular weight excluding hydrogens is 387 g/mol. The number of alkyl halides is 3. The van der Waals surface area contributed by atoms with Crippen molar-refractivity contribution in [3.8, 4) is 0 Å². The minimum atomic E-state index is -4.83. The van der Waals surface area contributed by atoms with Gasteiger partial charge in [0.2, 0.25) is 10.0 Å². The lowest BCUT2D eigenvalue weighted by Crippen LogP contribution is -2.54. The van der Waals surface area contributed by atoms with Crippen molar-refractivity contribution < 1.29 is 36.2 Å². The van der Waals surface area contributed by atoms with E-state index in [0.717, 1.165) is 23.9 Å². The maximum Gasteiger partial charge on any atom is 0.416 e. The SMILES string of the molecule is COC(=O)c1cc(C(F)(F)F)cc(S(=O)(=O)N2CCC3CCC(O)C2C3)c1. The second-order valence-corrected chi connectivity index (χ2v) is 8.84. The predicted molar refractivity (Wildman–Crippen MR) is 88.4 cm³/mol. The number of aliphatic hydroxyl groups is 1. The molecule has 3 unspecified atom stereocenters. The summed E-state index contributed by atoms with van der Waals surface area (Å²) in [5.41, 5.74) is -1.74. The van der Waals surface area contributed by atoms with E-state index in [1.165, 1.54) is 0 Å². The third-order valence-corrected chi connectivity index (χ3v) is 7.18. The molecule has 1 N–H and O–H groups in total. The number of nitrogens with zero attached hydrogens (tertiary/aromatic N) is 1. The molecule has 27 heavy (non-hydrogen) atoms. The number of piperidine rings is 1. The fraction of sp³-hybridized carbons (Fsp3) is 0.588. The van der Waals surface area contributed by atoms with Gasteiger partial charge in [0.1, 0.15) is 0 Å². The normalized spacial score (nSPS) is 26.6. The van der Waals surface area contributed by atoms with Gasteiger partial charge in [0.05, 0.1) is 35.3 Å². The summed E-state index contributed by atoms with van der Waals surface area (Å²) < 4.78 is 71.3. The van der Waals surface area contributed by atoms with Crippen LogP contribution in [0.25, 0.3) is 0 Å². The molecule has 3 atom stereocenters. The quantitative estimate of drug-likeness (QED) is 0.778. The van der Waals surface area contributed by atoms with Gasteiger partial charge >= 0.3 is 12.1 Å². The minimum Gasteiger partial charge on any atom is -0.465 e. The molecule has 0 amide bonds. The Labute approximate surface area is 155 Å². The molecule has 1 saturated carbocycles. The van der Waals surface area contributed by atoms with Gasteiger partial charge < -0.3 is 9.84 Å². The van der Waals surface area contributed by atoms with Crippen LogP contribution in [0.1, 0.15) is 41.6 Å². The van der Waals surface area contributed by atoms with Crippen LogP contribution in [0.4, 0.5) is 13.2 Å². The molecule has 1 heterocycles. The highest BCUT2D eigenvalue weighted by atomic mass is 32.2. The van der Waals surface area contributed by atoms with Crippen molar-refractivity contribution in [1.29, 1.82) is 0 Å². The van der Waals surface area contributed by atoms with E-state index in [1.807, 2.05) is 0 Å². The average molecular weight is 407 g/mol. The summed E-state index contributed by atoms with van der Waals surface area (Å²) in [6, 6.07) is 1.30. The fourth-order valence-electron chi connectivity index (χ4n) is 3.84. The Morgan fingerprint density at radius 3 is 2.56 bits per heavy atom. The first-order valence-corrected chi connectivity index (χ1v) is 9.98. The number of rotatable bonds is 3. The fourth-order valence-corrected chi connectivity index (χ4v) is 5.60. The van der Waals surface area contributed by atoms with E-state index < -0.39 is 50.3 Å². The van der Waals surface area contributed by atoms with Crippen LogP contribution in [0.3, 0.4) is 0 Å². The van der Waals surface area contributed by atoms with Gasteiger partial charge in [-0.3, -0.25) is 0 Å². The molecular formula is C17H20F3NO5S. The molecule has 2 fully saturated rings. The lowest BCUT2D eigenvalue weighted by molar-refractivity contribution is -0.137. The summed E-state index contributed by atoms with van der Waals surface area (Å²) in [6.45, 7) is 0.124. The summed E-state index contributed by atoms with van der Waals surface area (Å²) in [6.07, 6.45) is -3.36. The van der Waals surface area contributed by atoms with Gasteiger partial charge in [-0.15, -0.1) is 0 Å². The molecule has 2 aliphatic rings. The molecule has 0 aromatic heterocycles. The Balaban J connectivity index is 2.06. The van der Waals surface area contributed by atoms with E-state index in [4.69, 9.17) is 0 Å². The van der Waals surface area contributed by atoms with Crippen molar-refractivity contribution in [3.05, 3.63) is 29.3 Å². The maximum absolute atomic E-state index is 13.2. The molecule has 1 aliphatic carbocycles. The molecule has 3 rings (SSSR count). The Bertz CT molecular complexity index is 839. The van der Waals surface area contributed by atoms with Crippen LogP contribution in [0.5, 0.6) is 0 Å². The molecule has 1 aliphatic heterocycles. The van der Waals surface area contributed by atoms with E-state index in [0.29, 0.717) is 37.3 Å².